The van der Waals surface area contributed by atoms with E-state index in [4.69, 9.17) is 14.6 Å². The fourth-order valence-electron chi connectivity index (χ4n) is 3.62. The van der Waals surface area contributed by atoms with Crippen LogP contribution in [0.5, 0.6) is 5.75 Å². The Labute approximate surface area is 199 Å². The van der Waals surface area contributed by atoms with Gasteiger partial charge in [0, 0.05) is 6.54 Å². The minimum absolute atomic E-state index is 0.0490. The van der Waals surface area contributed by atoms with E-state index in [2.05, 4.69) is 5.32 Å². The molecular weight excluding hydrogens is 430 g/mol. The first-order valence-corrected chi connectivity index (χ1v) is 11.3. The molecule has 0 aliphatic carbocycles. The summed E-state index contributed by atoms with van der Waals surface area (Å²) in [6.45, 7) is 2.27. The molecule has 34 heavy (non-hydrogen) atoms. The first-order valence-electron chi connectivity index (χ1n) is 11.3. The van der Waals surface area contributed by atoms with Crippen molar-refractivity contribution < 1.29 is 24.2 Å². The number of aliphatic hydroxyl groups is 1. The van der Waals surface area contributed by atoms with E-state index < -0.39 is 11.9 Å². The quantitative estimate of drug-likeness (QED) is 0.271. The third-order valence-corrected chi connectivity index (χ3v) is 5.11. The van der Waals surface area contributed by atoms with Gasteiger partial charge in [0.15, 0.2) is 0 Å². The van der Waals surface area contributed by atoms with Crippen molar-refractivity contribution in [3.05, 3.63) is 102 Å². The van der Waals surface area contributed by atoms with Gasteiger partial charge in [-0.15, -0.1) is 0 Å². The number of carbonyl (C=O) groups is 2. The first kappa shape index (κ1) is 24.7. The van der Waals surface area contributed by atoms with Crippen LogP contribution in [0.3, 0.4) is 0 Å². The average molecular weight is 460 g/mol. The van der Waals surface area contributed by atoms with Gasteiger partial charge in [0.05, 0.1) is 13.2 Å². The summed E-state index contributed by atoms with van der Waals surface area (Å²) < 4.78 is 10.3. The Hall–Kier alpha value is -3.90. The van der Waals surface area contributed by atoms with Gasteiger partial charge in [-0.2, -0.15) is 0 Å². The van der Waals surface area contributed by atoms with Crippen LogP contribution >= 0.6 is 0 Å². The molecule has 3 aromatic carbocycles. The highest BCUT2D eigenvalue weighted by atomic mass is 16.5. The predicted octanol–water partition coefficient (Wildman–Crippen LogP) is 4.09. The van der Waals surface area contributed by atoms with E-state index in [9.17, 15) is 9.59 Å². The Kier molecular flexibility index (Phi) is 9.43. The molecule has 0 heterocycles. The molecule has 6 nitrogen and oxygen atoms in total. The molecule has 176 valence electrons. The van der Waals surface area contributed by atoms with Crippen LogP contribution in [-0.4, -0.2) is 43.3 Å². The minimum Gasteiger partial charge on any atom is -0.491 e. The Morgan fingerprint density at radius 3 is 2.00 bits per heavy atom. The number of ether oxygens (including phenoxy) is 2. The minimum atomic E-state index is -0.880. The highest BCUT2D eigenvalue weighted by Gasteiger charge is 2.17. The SMILES string of the molecule is CCOC(=O)C(=O)NCC/C(=C(\c1ccccc1)c1ccc(OCCO)cc1)c1ccccc1. The number of carbonyl (C=O) groups excluding carboxylic acids is 2. The third-order valence-electron chi connectivity index (χ3n) is 5.11. The summed E-state index contributed by atoms with van der Waals surface area (Å²) in [5.74, 6) is -0.955. The number of benzene rings is 3. The van der Waals surface area contributed by atoms with E-state index >= 15 is 0 Å². The Morgan fingerprint density at radius 1 is 0.824 bits per heavy atom. The van der Waals surface area contributed by atoms with Gasteiger partial charge in [-0.3, -0.25) is 4.79 Å². The van der Waals surface area contributed by atoms with Crippen molar-refractivity contribution in [2.45, 2.75) is 13.3 Å². The van der Waals surface area contributed by atoms with Crippen molar-refractivity contribution in [1.29, 1.82) is 0 Å². The van der Waals surface area contributed by atoms with Crippen molar-refractivity contribution in [1.82, 2.24) is 5.32 Å². The second-order valence-corrected chi connectivity index (χ2v) is 7.41. The van der Waals surface area contributed by atoms with E-state index in [-0.39, 0.29) is 26.4 Å². The molecule has 0 saturated carbocycles. The number of esters is 1. The molecule has 0 spiro atoms. The summed E-state index contributed by atoms with van der Waals surface area (Å²) in [4.78, 5) is 23.7. The molecule has 0 bridgehead atoms. The van der Waals surface area contributed by atoms with Crippen LogP contribution in [0.25, 0.3) is 11.1 Å². The zero-order chi connectivity index (χ0) is 24.2. The Balaban J connectivity index is 2.01. The fraction of sp³-hybridized carbons (Fsp3) is 0.214. The lowest BCUT2D eigenvalue weighted by atomic mass is 9.88. The Bertz CT molecular complexity index is 1090. The fourth-order valence-corrected chi connectivity index (χ4v) is 3.62. The third kappa shape index (κ3) is 6.80. The van der Waals surface area contributed by atoms with E-state index in [1.807, 2.05) is 84.9 Å². The summed E-state index contributed by atoms with van der Waals surface area (Å²) >= 11 is 0. The highest BCUT2D eigenvalue weighted by molar-refractivity contribution is 6.32. The second kappa shape index (κ2) is 13.0. The van der Waals surface area contributed by atoms with Crippen molar-refractivity contribution in [3.8, 4) is 5.75 Å². The monoisotopic (exact) mass is 459 g/mol. The number of hydrogen-bond donors (Lipinski definition) is 2. The molecule has 3 aromatic rings. The van der Waals surface area contributed by atoms with Crippen LogP contribution in [0, 0.1) is 0 Å². The second-order valence-electron chi connectivity index (χ2n) is 7.41. The molecule has 0 atom stereocenters. The molecule has 0 radical (unpaired) electrons. The Morgan fingerprint density at radius 2 is 1.41 bits per heavy atom. The molecule has 0 fully saturated rings. The lowest BCUT2D eigenvalue weighted by Crippen LogP contribution is -2.33. The van der Waals surface area contributed by atoms with Gasteiger partial charge in [-0.25, -0.2) is 4.79 Å². The molecule has 0 saturated heterocycles. The molecule has 3 rings (SSSR count). The van der Waals surface area contributed by atoms with Crippen LogP contribution in [-0.2, 0) is 14.3 Å². The smallest absolute Gasteiger partial charge is 0.396 e. The maximum absolute atomic E-state index is 12.1. The predicted molar refractivity (Wildman–Crippen MR) is 132 cm³/mol. The highest BCUT2D eigenvalue weighted by Crippen LogP contribution is 2.35. The van der Waals surface area contributed by atoms with Gasteiger partial charge < -0.3 is 19.9 Å². The average Bonchev–Trinajstić information content (AvgIpc) is 2.88. The van der Waals surface area contributed by atoms with Gasteiger partial charge in [0.25, 0.3) is 0 Å². The van der Waals surface area contributed by atoms with Gasteiger partial charge in [0.2, 0.25) is 0 Å². The summed E-state index contributed by atoms with van der Waals surface area (Å²) in [5.41, 5.74) is 5.08. The van der Waals surface area contributed by atoms with E-state index in [1.165, 1.54) is 0 Å². The molecule has 0 aliphatic rings. The van der Waals surface area contributed by atoms with E-state index in [0.717, 1.165) is 27.8 Å². The summed E-state index contributed by atoms with van der Waals surface area (Å²) in [6, 6.07) is 27.7. The van der Waals surface area contributed by atoms with Crippen molar-refractivity contribution >= 4 is 23.0 Å². The van der Waals surface area contributed by atoms with Crippen LogP contribution < -0.4 is 10.1 Å². The molecule has 0 aliphatic heterocycles. The summed E-state index contributed by atoms with van der Waals surface area (Å²) in [5, 5.41) is 11.7. The van der Waals surface area contributed by atoms with E-state index in [1.54, 1.807) is 6.92 Å². The maximum Gasteiger partial charge on any atom is 0.396 e. The largest absolute Gasteiger partial charge is 0.491 e. The van der Waals surface area contributed by atoms with Gasteiger partial charge in [-0.1, -0.05) is 72.8 Å². The lowest BCUT2D eigenvalue weighted by Gasteiger charge is -2.18. The zero-order valence-corrected chi connectivity index (χ0v) is 19.2. The molecule has 6 heteroatoms. The summed E-state index contributed by atoms with van der Waals surface area (Å²) in [6.07, 6.45) is 0.502. The maximum atomic E-state index is 12.1. The zero-order valence-electron chi connectivity index (χ0n) is 19.2. The number of nitrogens with one attached hydrogen (secondary N) is 1. The van der Waals surface area contributed by atoms with E-state index in [0.29, 0.717) is 12.2 Å². The summed E-state index contributed by atoms with van der Waals surface area (Å²) in [7, 11) is 0. The van der Waals surface area contributed by atoms with Gasteiger partial charge in [0.1, 0.15) is 12.4 Å². The van der Waals surface area contributed by atoms with Crippen molar-refractivity contribution in [2.75, 3.05) is 26.4 Å². The standard InChI is InChI=1S/C28H29NO5/c1-2-33-28(32)27(31)29-18-17-25(21-9-5-3-6-10-21)26(22-11-7-4-8-12-22)23-13-15-24(16-14-23)34-20-19-30/h3-16,30H,2,17-20H2,1H3,(H,29,31)/b26-25-. The topological polar surface area (TPSA) is 84.9 Å². The van der Waals surface area contributed by atoms with Crippen LogP contribution in [0.1, 0.15) is 30.0 Å². The van der Waals surface area contributed by atoms with Crippen LogP contribution in [0.4, 0.5) is 0 Å². The molecule has 0 aromatic heterocycles. The lowest BCUT2D eigenvalue weighted by molar-refractivity contribution is -0.154. The van der Waals surface area contributed by atoms with Crippen LogP contribution in [0.2, 0.25) is 0 Å². The van der Waals surface area contributed by atoms with Crippen LogP contribution in [0.15, 0.2) is 84.9 Å². The number of hydrogen-bond acceptors (Lipinski definition) is 5. The molecule has 0 unspecified atom stereocenters. The first-order chi connectivity index (χ1) is 16.6. The van der Waals surface area contributed by atoms with Crippen molar-refractivity contribution in [2.24, 2.45) is 0 Å². The normalized spacial score (nSPS) is 11.4. The number of aliphatic hydroxyl groups excluding tert-OH is 1. The van der Waals surface area contributed by atoms with Crippen molar-refractivity contribution in [3.63, 3.8) is 0 Å². The number of amides is 1. The van der Waals surface area contributed by atoms with Gasteiger partial charge in [-0.05, 0) is 53.3 Å². The number of rotatable bonds is 10. The molecular formula is C28H29NO5. The molecule has 2 N–H and O–H groups in total. The van der Waals surface area contributed by atoms with Gasteiger partial charge >= 0.3 is 11.9 Å². The molecule has 1 amide bonds.